The van der Waals surface area contributed by atoms with E-state index in [1.807, 2.05) is 6.07 Å². The minimum Gasteiger partial charge on any atom is -0.393 e. The van der Waals surface area contributed by atoms with E-state index in [1.54, 1.807) is 0 Å². The number of aryl methyl sites for hydroxylation is 2. The van der Waals surface area contributed by atoms with E-state index in [2.05, 4.69) is 56.3 Å². The van der Waals surface area contributed by atoms with Crippen LogP contribution < -0.4 is 0 Å². The zero-order valence-electron chi connectivity index (χ0n) is 20.3. The van der Waals surface area contributed by atoms with Crippen molar-refractivity contribution in [2.75, 3.05) is 0 Å². The van der Waals surface area contributed by atoms with Gasteiger partial charge in [0.2, 0.25) is 0 Å². The van der Waals surface area contributed by atoms with Crippen LogP contribution in [0.25, 0.3) is 11.1 Å². The van der Waals surface area contributed by atoms with Crippen LogP contribution in [0.4, 0.5) is 0 Å². The molecule has 2 aromatic carbocycles. The summed E-state index contributed by atoms with van der Waals surface area (Å²) in [5, 5.41) is 30.2. The maximum atomic E-state index is 10.3. The molecule has 3 heteroatoms. The Bertz CT molecular complexity index is 980. The van der Waals surface area contributed by atoms with Gasteiger partial charge in [0.1, 0.15) is 12.1 Å². The molecule has 1 N–H and O–H groups in total. The highest BCUT2D eigenvalue weighted by Crippen LogP contribution is 2.33. The van der Waals surface area contributed by atoms with Crippen molar-refractivity contribution < 1.29 is 5.11 Å². The van der Waals surface area contributed by atoms with Crippen LogP contribution in [0, 0.1) is 34.5 Å². The largest absolute Gasteiger partial charge is 0.393 e. The molecule has 1 fully saturated rings. The van der Waals surface area contributed by atoms with Gasteiger partial charge in [-0.15, -0.1) is 0 Å². The van der Waals surface area contributed by atoms with Crippen LogP contribution >= 0.6 is 0 Å². The van der Waals surface area contributed by atoms with Crippen molar-refractivity contribution in [3.8, 4) is 23.3 Å². The molecule has 0 spiro atoms. The van der Waals surface area contributed by atoms with Gasteiger partial charge in [-0.3, -0.25) is 0 Å². The van der Waals surface area contributed by atoms with Gasteiger partial charge in [-0.05, 0) is 67.1 Å². The van der Waals surface area contributed by atoms with Gasteiger partial charge >= 0.3 is 0 Å². The van der Waals surface area contributed by atoms with Crippen LogP contribution in [-0.2, 0) is 12.8 Å². The van der Waals surface area contributed by atoms with Crippen LogP contribution in [0.5, 0.6) is 0 Å². The second kappa shape index (κ2) is 12.6. The molecule has 33 heavy (non-hydrogen) atoms. The highest BCUT2D eigenvalue weighted by Gasteiger charge is 2.23. The van der Waals surface area contributed by atoms with Crippen molar-refractivity contribution in [3.63, 3.8) is 0 Å². The second-order valence-corrected chi connectivity index (χ2v) is 9.69. The van der Waals surface area contributed by atoms with Crippen LogP contribution in [0.2, 0.25) is 0 Å². The Morgan fingerprint density at radius 1 is 0.879 bits per heavy atom. The fraction of sp³-hybridized carbons (Fsp3) is 0.533. The molecule has 0 amide bonds. The van der Waals surface area contributed by atoms with Gasteiger partial charge in [-0.25, -0.2) is 0 Å². The molecule has 3 nitrogen and oxygen atoms in total. The summed E-state index contributed by atoms with van der Waals surface area (Å²) in [5.74, 6) is 1.06. The lowest BCUT2D eigenvalue weighted by molar-refractivity contribution is 0.0825. The minimum absolute atomic E-state index is 0.171. The van der Waals surface area contributed by atoms with E-state index in [9.17, 15) is 15.6 Å². The summed E-state index contributed by atoms with van der Waals surface area (Å²) in [6.45, 7) is 4.24. The maximum Gasteiger partial charge on any atom is 0.101 e. The van der Waals surface area contributed by atoms with Crippen molar-refractivity contribution in [1.82, 2.24) is 0 Å². The molecule has 3 atom stereocenters. The topological polar surface area (TPSA) is 67.8 Å². The second-order valence-electron chi connectivity index (χ2n) is 9.69. The molecule has 3 unspecified atom stereocenters. The Balaban J connectivity index is 1.74. The van der Waals surface area contributed by atoms with Crippen molar-refractivity contribution in [3.05, 3.63) is 58.7 Å². The molecule has 1 aliphatic carbocycles. The molecule has 174 valence electrons. The SMILES string of the molecule is CCCc1ccc(-c2ccc(CCC3CCCCC(C(O)CC)CC3)c(C#N)c2C#N)cc1. The summed E-state index contributed by atoms with van der Waals surface area (Å²) in [7, 11) is 0. The van der Waals surface area contributed by atoms with Gasteiger partial charge in [-0.2, -0.15) is 10.5 Å². The Kier molecular flexibility index (Phi) is 9.53. The molecule has 0 bridgehead atoms. The molecule has 0 radical (unpaired) electrons. The standard InChI is InChI=1S/C30H38N2O/c1-3-7-22-10-14-24(15-11-22)27-19-18-25(28(20-31)29(27)21-32)16-12-23-8-5-6-9-26(17-13-23)30(33)4-2/h10-11,14-15,18-19,23,26,30,33H,3-9,12-13,16-17H2,1-2H3. The lowest BCUT2D eigenvalue weighted by atomic mass is 9.80. The Labute approximate surface area is 200 Å². The van der Waals surface area contributed by atoms with Crippen LogP contribution in [-0.4, -0.2) is 11.2 Å². The van der Waals surface area contributed by atoms with Crippen LogP contribution in [0.15, 0.2) is 36.4 Å². The minimum atomic E-state index is -0.171. The van der Waals surface area contributed by atoms with E-state index < -0.39 is 0 Å². The first-order valence-corrected chi connectivity index (χ1v) is 12.8. The number of aliphatic hydroxyl groups is 1. The average Bonchev–Trinajstić information content (AvgIpc) is 2.83. The number of aliphatic hydroxyl groups excluding tert-OH is 1. The summed E-state index contributed by atoms with van der Waals surface area (Å²) >= 11 is 0. The first kappa shape index (κ1) is 25.0. The predicted octanol–water partition coefficient (Wildman–Crippen LogP) is 7.34. The van der Waals surface area contributed by atoms with E-state index in [4.69, 9.17) is 0 Å². The molecule has 0 heterocycles. The zero-order valence-corrected chi connectivity index (χ0v) is 20.3. The summed E-state index contributed by atoms with van der Waals surface area (Å²) in [6, 6.07) is 17.1. The summed E-state index contributed by atoms with van der Waals surface area (Å²) < 4.78 is 0. The average molecular weight is 443 g/mol. The third-order valence-electron chi connectivity index (χ3n) is 7.49. The Morgan fingerprint density at radius 2 is 1.61 bits per heavy atom. The Morgan fingerprint density at radius 3 is 2.27 bits per heavy atom. The quantitative estimate of drug-likeness (QED) is 0.465. The molecule has 0 aliphatic heterocycles. The van der Waals surface area contributed by atoms with Crippen molar-refractivity contribution in [1.29, 1.82) is 10.5 Å². The van der Waals surface area contributed by atoms with E-state index in [-0.39, 0.29) is 6.10 Å². The smallest absolute Gasteiger partial charge is 0.101 e. The summed E-state index contributed by atoms with van der Waals surface area (Å²) in [4.78, 5) is 0. The first-order chi connectivity index (χ1) is 16.1. The third kappa shape index (κ3) is 6.46. The van der Waals surface area contributed by atoms with Gasteiger partial charge in [0.05, 0.1) is 17.2 Å². The summed E-state index contributed by atoms with van der Waals surface area (Å²) in [5.41, 5.74) is 5.18. The normalized spacial score (nSPS) is 19.7. The van der Waals surface area contributed by atoms with Gasteiger partial charge in [0.15, 0.2) is 0 Å². The highest BCUT2D eigenvalue weighted by molar-refractivity contribution is 5.75. The lowest BCUT2D eigenvalue weighted by Gasteiger charge is -2.28. The van der Waals surface area contributed by atoms with E-state index in [0.717, 1.165) is 68.1 Å². The first-order valence-electron chi connectivity index (χ1n) is 12.8. The van der Waals surface area contributed by atoms with Crippen LogP contribution in [0.3, 0.4) is 0 Å². The molecule has 2 aromatic rings. The number of hydrogen-bond donors (Lipinski definition) is 1. The monoisotopic (exact) mass is 442 g/mol. The number of benzene rings is 2. The zero-order chi connectivity index (χ0) is 23.6. The fourth-order valence-corrected chi connectivity index (χ4v) is 5.42. The van der Waals surface area contributed by atoms with E-state index in [0.29, 0.717) is 23.0 Å². The third-order valence-corrected chi connectivity index (χ3v) is 7.49. The predicted molar refractivity (Wildman–Crippen MR) is 135 cm³/mol. The molecule has 0 aromatic heterocycles. The number of nitrogens with zero attached hydrogens (tertiary/aromatic N) is 2. The molecule has 1 aliphatic rings. The molecular formula is C30H38N2O. The fourth-order valence-electron chi connectivity index (χ4n) is 5.42. The van der Waals surface area contributed by atoms with Gasteiger partial charge in [-0.1, -0.05) is 82.3 Å². The number of rotatable bonds is 8. The Hall–Kier alpha value is -2.62. The van der Waals surface area contributed by atoms with E-state index >= 15 is 0 Å². The molecule has 0 saturated heterocycles. The maximum absolute atomic E-state index is 10.3. The van der Waals surface area contributed by atoms with Crippen molar-refractivity contribution in [2.45, 2.75) is 90.6 Å². The van der Waals surface area contributed by atoms with Gasteiger partial charge < -0.3 is 5.11 Å². The van der Waals surface area contributed by atoms with Crippen molar-refractivity contribution in [2.24, 2.45) is 11.8 Å². The summed E-state index contributed by atoms with van der Waals surface area (Å²) in [6.07, 6.45) is 11.7. The van der Waals surface area contributed by atoms with E-state index in [1.165, 1.54) is 24.8 Å². The van der Waals surface area contributed by atoms with Crippen molar-refractivity contribution >= 4 is 0 Å². The number of nitriles is 2. The van der Waals surface area contributed by atoms with Gasteiger partial charge in [0, 0.05) is 5.56 Å². The lowest BCUT2D eigenvalue weighted by Crippen LogP contribution is -2.22. The molecule has 1 saturated carbocycles. The highest BCUT2D eigenvalue weighted by atomic mass is 16.3. The van der Waals surface area contributed by atoms with Gasteiger partial charge in [0.25, 0.3) is 0 Å². The number of hydrogen-bond acceptors (Lipinski definition) is 3. The van der Waals surface area contributed by atoms with Crippen LogP contribution in [0.1, 0.15) is 93.9 Å². The molecular weight excluding hydrogens is 404 g/mol. The molecule has 3 rings (SSSR count).